The second kappa shape index (κ2) is 4.87. The van der Waals surface area contributed by atoms with Crippen molar-refractivity contribution in [3.63, 3.8) is 0 Å². The van der Waals surface area contributed by atoms with Crippen molar-refractivity contribution in [3.05, 3.63) is 30.4 Å². The lowest BCUT2D eigenvalue weighted by Gasteiger charge is -2.11. The van der Waals surface area contributed by atoms with Gasteiger partial charge in [-0.05, 0) is 25.0 Å². The third kappa shape index (κ3) is 2.02. The Morgan fingerprint density at radius 1 is 1.18 bits per heavy atom. The van der Waals surface area contributed by atoms with Gasteiger partial charge in [0.05, 0.1) is 18.2 Å². The van der Waals surface area contributed by atoms with Crippen LogP contribution in [0.5, 0.6) is 11.8 Å². The van der Waals surface area contributed by atoms with Crippen molar-refractivity contribution in [1.82, 2.24) is 24.9 Å². The molecule has 0 atom stereocenters. The summed E-state index contributed by atoms with van der Waals surface area (Å²) in [4.78, 5) is 21.3. The van der Waals surface area contributed by atoms with Crippen LogP contribution in [0.15, 0.2) is 24.7 Å². The molecule has 0 unspecified atom stereocenters. The molecule has 7 nitrogen and oxygen atoms in total. The Balaban J connectivity index is 1.99. The van der Waals surface area contributed by atoms with Crippen LogP contribution in [0, 0.1) is 0 Å². The highest BCUT2D eigenvalue weighted by Crippen LogP contribution is 2.45. The molecule has 0 spiro atoms. The molecular formula is C15H13N5O2. The van der Waals surface area contributed by atoms with E-state index in [1.807, 2.05) is 0 Å². The normalized spacial score (nSPS) is 14.2. The molecule has 0 radical (unpaired) electrons. The van der Waals surface area contributed by atoms with Gasteiger partial charge in [0.1, 0.15) is 11.9 Å². The highest BCUT2D eigenvalue weighted by Gasteiger charge is 2.31. The number of aromatic hydroxyl groups is 1. The highest BCUT2D eigenvalue weighted by atomic mass is 16.5. The zero-order valence-electron chi connectivity index (χ0n) is 11.9. The van der Waals surface area contributed by atoms with Crippen molar-refractivity contribution in [2.75, 3.05) is 7.11 Å². The maximum atomic E-state index is 10.1. The lowest BCUT2D eigenvalue weighted by Crippen LogP contribution is -2.02. The van der Waals surface area contributed by atoms with Gasteiger partial charge in [-0.15, -0.1) is 0 Å². The molecule has 1 fully saturated rings. The quantitative estimate of drug-likeness (QED) is 0.790. The molecule has 1 saturated carbocycles. The molecule has 3 aromatic rings. The summed E-state index contributed by atoms with van der Waals surface area (Å²) in [6.45, 7) is 0. The van der Waals surface area contributed by atoms with E-state index in [1.165, 1.54) is 6.33 Å². The van der Waals surface area contributed by atoms with Crippen molar-refractivity contribution >= 4 is 11.0 Å². The van der Waals surface area contributed by atoms with Crippen LogP contribution in [0.2, 0.25) is 0 Å². The number of aromatic nitrogens is 5. The van der Waals surface area contributed by atoms with E-state index in [0.29, 0.717) is 34.2 Å². The van der Waals surface area contributed by atoms with Gasteiger partial charge in [0.15, 0.2) is 11.5 Å². The van der Waals surface area contributed by atoms with Gasteiger partial charge >= 0.3 is 0 Å². The minimum atomic E-state index is -0.110. The molecule has 4 rings (SSSR count). The predicted octanol–water partition coefficient (Wildman–Crippen LogP) is 2.07. The fraction of sp³-hybridized carbons (Fsp3) is 0.267. The average molecular weight is 295 g/mol. The van der Waals surface area contributed by atoms with E-state index in [4.69, 9.17) is 4.74 Å². The van der Waals surface area contributed by atoms with E-state index in [0.717, 1.165) is 18.5 Å². The number of ether oxygens (including phenoxy) is 1. The summed E-state index contributed by atoms with van der Waals surface area (Å²) < 4.78 is 5.34. The Labute approximate surface area is 126 Å². The van der Waals surface area contributed by atoms with E-state index in [-0.39, 0.29) is 5.88 Å². The second-order valence-electron chi connectivity index (χ2n) is 5.16. The molecule has 0 saturated heterocycles. The van der Waals surface area contributed by atoms with Crippen LogP contribution in [-0.2, 0) is 0 Å². The van der Waals surface area contributed by atoms with Crippen LogP contribution in [0.25, 0.3) is 22.4 Å². The van der Waals surface area contributed by atoms with Gasteiger partial charge in [-0.1, -0.05) is 0 Å². The first-order valence-corrected chi connectivity index (χ1v) is 6.99. The van der Waals surface area contributed by atoms with Crippen molar-refractivity contribution in [2.45, 2.75) is 18.8 Å². The van der Waals surface area contributed by atoms with Crippen LogP contribution in [-0.4, -0.2) is 37.1 Å². The molecule has 3 heterocycles. The largest absolute Gasteiger partial charge is 0.493 e. The molecular weight excluding hydrogens is 282 g/mol. The summed E-state index contributed by atoms with van der Waals surface area (Å²) in [7, 11) is 1.54. The van der Waals surface area contributed by atoms with Gasteiger partial charge in [0.25, 0.3) is 0 Å². The van der Waals surface area contributed by atoms with E-state index in [2.05, 4.69) is 24.9 Å². The Morgan fingerprint density at radius 2 is 2.05 bits per heavy atom. The first-order valence-electron chi connectivity index (χ1n) is 6.99. The smallest absolute Gasteiger partial charge is 0.227 e. The Hall–Kier alpha value is -2.83. The average Bonchev–Trinajstić information content (AvgIpc) is 3.39. The van der Waals surface area contributed by atoms with Crippen LogP contribution in [0.4, 0.5) is 0 Å². The minimum absolute atomic E-state index is 0.110. The Bertz CT molecular complexity index is 864. The number of rotatable bonds is 3. The van der Waals surface area contributed by atoms with Crippen LogP contribution >= 0.6 is 0 Å². The molecule has 0 aromatic carbocycles. The summed E-state index contributed by atoms with van der Waals surface area (Å²) >= 11 is 0. The van der Waals surface area contributed by atoms with E-state index in [1.54, 1.807) is 25.4 Å². The molecule has 1 aliphatic carbocycles. The van der Waals surface area contributed by atoms with E-state index in [9.17, 15) is 5.11 Å². The summed E-state index contributed by atoms with van der Waals surface area (Å²) in [5.41, 5.74) is 1.93. The molecule has 1 aliphatic rings. The second-order valence-corrected chi connectivity index (χ2v) is 5.16. The maximum absolute atomic E-state index is 10.1. The van der Waals surface area contributed by atoms with Gasteiger partial charge in [-0.2, -0.15) is 4.98 Å². The molecule has 22 heavy (non-hydrogen) atoms. The SMILES string of the molecule is COc1ncnc(C2CC2)c1-c1nc(O)c2cccnc2n1. The van der Waals surface area contributed by atoms with Crippen molar-refractivity contribution in [3.8, 4) is 23.1 Å². The number of nitrogens with zero attached hydrogens (tertiary/aromatic N) is 5. The van der Waals surface area contributed by atoms with Gasteiger partial charge in [-0.25, -0.2) is 19.9 Å². The lowest BCUT2D eigenvalue weighted by atomic mass is 10.1. The van der Waals surface area contributed by atoms with Gasteiger partial charge < -0.3 is 9.84 Å². The van der Waals surface area contributed by atoms with Crippen molar-refractivity contribution in [2.24, 2.45) is 0 Å². The monoisotopic (exact) mass is 295 g/mol. The minimum Gasteiger partial charge on any atom is -0.493 e. The molecule has 7 heteroatoms. The Kier molecular flexibility index (Phi) is 2.85. The number of fused-ring (bicyclic) bond motifs is 1. The van der Waals surface area contributed by atoms with Gasteiger partial charge in [-0.3, -0.25) is 0 Å². The number of hydrogen-bond acceptors (Lipinski definition) is 7. The fourth-order valence-corrected chi connectivity index (χ4v) is 2.47. The fourth-order valence-electron chi connectivity index (χ4n) is 2.47. The number of methoxy groups -OCH3 is 1. The first-order chi connectivity index (χ1) is 10.8. The van der Waals surface area contributed by atoms with Crippen LogP contribution in [0.1, 0.15) is 24.5 Å². The molecule has 1 N–H and O–H groups in total. The lowest BCUT2D eigenvalue weighted by molar-refractivity contribution is 0.397. The number of hydrogen-bond donors (Lipinski definition) is 1. The Morgan fingerprint density at radius 3 is 2.82 bits per heavy atom. The zero-order chi connectivity index (χ0) is 15.1. The molecule has 3 aromatic heterocycles. The highest BCUT2D eigenvalue weighted by molar-refractivity contribution is 5.82. The summed E-state index contributed by atoms with van der Waals surface area (Å²) in [5.74, 6) is 1.01. The standard InChI is InChI=1S/C15H13N5O2/c1-22-15-10(11(8-4-5-8)17-7-18-15)13-19-12-9(14(21)20-13)3-2-6-16-12/h2-3,6-8H,4-5H2,1H3,(H,16,19,20,21). The third-order valence-corrected chi connectivity index (χ3v) is 3.67. The third-order valence-electron chi connectivity index (χ3n) is 3.67. The molecule has 0 aliphatic heterocycles. The summed E-state index contributed by atoms with van der Waals surface area (Å²) in [6.07, 6.45) is 5.25. The van der Waals surface area contributed by atoms with Crippen molar-refractivity contribution in [1.29, 1.82) is 0 Å². The predicted molar refractivity (Wildman–Crippen MR) is 78.6 cm³/mol. The van der Waals surface area contributed by atoms with Crippen LogP contribution in [0.3, 0.4) is 0 Å². The van der Waals surface area contributed by atoms with E-state index < -0.39 is 0 Å². The molecule has 0 bridgehead atoms. The topological polar surface area (TPSA) is 93.9 Å². The zero-order valence-corrected chi connectivity index (χ0v) is 11.9. The van der Waals surface area contributed by atoms with Crippen molar-refractivity contribution < 1.29 is 9.84 Å². The first kappa shape index (κ1) is 12.9. The summed E-state index contributed by atoms with van der Waals surface area (Å²) in [5, 5.41) is 10.7. The van der Waals surface area contributed by atoms with Gasteiger partial charge in [0, 0.05) is 12.1 Å². The number of pyridine rings is 1. The van der Waals surface area contributed by atoms with E-state index >= 15 is 0 Å². The van der Waals surface area contributed by atoms with Gasteiger partial charge in [0.2, 0.25) is 11.8 Å². The summed E-state index contributed by atoms with van der Waals surface area (Å²) in [6, 6.07) is 3.45. The molecule has 110 valence electrons. The maximum Gasteiger partial charge on any atom is 0.227 e. The molecule has 0 amide bonds. The van der Waals surface area contributed by atoms with Crippen LogP contribution < -0.4 is 4.74 Å².